The van der Waals surface area contributed by atoms with Gasteiger partial charge in [0.05, 0.1) is 11.4 Å². The molecular formula is C15H20N2O. The number of hydrogen-bond acceptors (Lipinski definition) is 2. The molecule has 96 valence electrons. The molecule has 18 heavy (non-hydrogen) atoms. The summed E-state index contributed by atoms with van der Waals surface area (Å²) in [5.41, 5.74) is 3.35. The number of nitrogens with zero attached hydrogens (tertiary/aromatic N) is 2. The van der Waals surface area contributed by atoms with Gasteiger partial charge in [-0.2, -0.15) is 5.10 Å². The SMILES string of the molecule is CC(C)(C)c1ccn(-c2ccc(CCO)cc2)n1. The lowest BCUT2D eigenvalue weighted by Gasteiger charge is -2.14. The van der Waals surface area contributed by atoms with Crippen LogP contribution in [0.4, 0.5) is 0 Å². The predicted molar refractivity (Wildman–Crippen MR) is 73.1 cm³/mol. The third-order valence-electron chi connectivity index (χ3n) is 2.96. The van der Waals surface area contributed by atoms with Gasteiger partial charge in [-0.15, -0.1) is 0 Å². The smallest absolute Gasteiger partial charge is 0.0682 e. The van der Waals surface area contributed by atoms with Crippen molar-refractivity contribution in [2.24, 2.45) is 0 Å². The maximum Gasteiger partial charge on any atom is 0.0682 e. The monoisotopic (exact) mass is 244 g/mol. The van der Waals surface area contributed by atoms with E-state index in [9.17, 15) is 0 Å². The first kappa shape index (κ1) is 12.8. The van der Waals surface area contributed by atoms with Crippen LogP contribution in [-0.4, -0.2) is 21.5 Å². The molecule has 2 aromatic rings. The quantitative estimate of drug-likeness (QED) is 0.901. The highest BCUT2D eigenvalue weighted by Gasteiger charge is 2.16. The Balaban J connectivity index is 2.23. The van der Waals surface area contributed by atoms with Crippen LogP contribution in [0.15, 0.2) is 36.5 Å². The van der Waals surface area contributed by atoms with Crippen molar-refractivity contribution in [2.75, 3.05) is 6.61 Å². The van der Waals surface area contributed by atoms with Gasteiger partial charge >= 0.3 is 0 Å². The number of aliphatic hydroxyl groups excluding tert-OH is 1. The summed E-state index contributed by atoms with van der Waals surface area (Å²) in [6.07, 6.45) is 2.69. The first-order chi connectivity index (χ1) is 8.50. The number of aliphatic hydroxyl groups is 1. The Morgan fingerprint density at radius 1 is 1.11 bits per heavy atom. The molecule has 0 saturated carbocycles. The first-order valence-corrected chi connectivity index (χ1v) is 6.27. The van der Waals surface area contributed by atoms with Crippen LogP contribution in [0.5, 0.6) is 0 Å². The molecule has 1 heterocycles. The molecule has 2 rings (SSSR count). The summed E-state index contributed by atoms with van der Waals surface area (Å²) >= 11 is 0. The summed E-state index contributed by atoms with van der Waals surface area (Å²) in [7, 11) is 0. The van der Waals surface area contributed by atoms with Crippen LogP contribution in [0.25, 0.3) is 5.69 Å². The van der Waals surface area contributed by atoms with Crippen molar-refractivity contribution in [3.8, 4) is 5.69 Å². The van der Waals surface area contributed by atoms with Crippen molar-refractivity contribution in [3.63, 3.8) is 0 Å². The van der Waals surface area contributed by atoms with E-state index in [1.807, 2.05) is 35.1 Å². The van der Waals surface area contributed by atoms with E-state index in [1.54, 1.807) is 0 Å². The van der Waals surface area contributed by atoms with Gasteiger partial charge in [0.1, 0.15) is 0 Å². The fourth-order valence-corrected chi connectivity index (χ4v) is 1.81. The van der Waals surface area contributed by atoms with Crippen molar-refractivity contribution in [3.05, 3.63) is 47.8 Å². The molecule has 0 atom stereocenters. The molecule has 0 spiro atoms. The minimum absolute atomic E-state index is 0.0715. The fourth-order valence-electron chi connectivity index (χ4n) is 1.81. The summed E-state index contributed by atoms with van der Waals surface area (Å²) in [6.45, 7) is 6.66. The molecule has 0 fully saturated rings. The number of aromatic nitrogens is 2. The highest BCUT2D eigenvalue weighted by molar-refractivity contribution is 5.34. The Bertz CT molecular complexity index is 506. The molecule has 1 aromatic carbocycles. The lowest BCUT2D eigenvalue weighted by Crippen LogP contribution is -2.12. The van der Waals surface area contributed by atoms with Gasteiger partial charge in [0.2, 0.25) is 0 Å². The summed E-state index contributed by atoms with van der Waals surface area (Å²) in [4.78, 5) is 0. The summed E-state index contributed by atoms with van der Waals surface area (Å²) in [5, 5.41) is 13.5. The maximum absolute atomic E-state index is 8.88. The van der Waals surface area contributed by atoms with E-state index >= 15 is 0 Å². The van der Waals surface area contributed by atoms with E-state index < -0.39 is 0 Å². The van der Waals surface area contributed by atoms with Gasteiger partial charge in [-0.05, 0) is 30.2 Å². The average molecular weight is 244 g/mol. The lowest BCUT2D eigenvalue weighted by atomic mass is 9.93. The van der Waals surface area contributed by atoms with Crippen LogP contribution < -0.4 is 0 Å². The molecule has 0 aliphatic carbocycles. The molecular weight excluding hydrogens is 224 g/mol. The standard InChI is InChI=1S/C15H20N2O/c1-15(2,3)14-8-10-17(16-14)13-6-4-12(5-7-13)9-11-18/h4-8,10,18H,9,11H2,1-3H3. The molecule has 0 saturated heterocycles. The van der Waals surface area contributed by atoms with Crippen LogP contribution >= 0.6 is 0 Å². The second kappa shape index (κ2) is 4.94. The van der Waals surface area contributed by atoms with Gasteiger partial charge in [-0.3, -0.25) is 0 Å². The molecule has 0 aliphatic rings. The van der Waals surface area contributed by atoms with Crippen LogP contribution in [-0.2, 0) is 11.8 Å². The molecule has 1 N–H and O–H groups in total. The number of benzene rings is 1. The summed E-state index contributed by atoms with van der Waals surface area (Å²) in [5.74, 6) is 0. The third kappa shape index (κ3) is 2.79. The summed E-state index contributed by atoms with van der Waals surface area (Å²) < 4.78 is 1.89. The molecule has 1 aromatic heterocycles. The number of rotatable bonds is 3. The second-order valence-corrected chi connectivity index (χ2v) is 5.54. The van der Waals surface area contributed by atoms with Crippen molar-refractivity contribution >= 4 is 0 Å². The Hall–Kier alpha value is -1.61. The fraction of sp³-hybridized carbons (Fsp3) is 0.400. The van der Waals surface area contributed by atoms with Crippen molar-refractivity contribution in [2.45, 2.75) is 32.6 Å². The topological polar surface area (TPSA) is 38.0 Å². The van der Waals surface area contributed by atoms with E-state index in [2.05, 4.69) is 31.9 Å². The highest BCUT2D eigenvalue weighted by Crippen LogP contribution is 2.21. The van der Waals surface area contributed by atoms with Crippen molar-refractivity contribution in [1.29, 1.82) is 0 Å². The zero-order chi connectivity index (χ0) is 13.2. The van der Waals surface area contributed by atoms with Crippen LogP contribution in [0, 0.1) is 0 Å². The minimum Gasteiger partial charge on any atom is -0.396 e. The van der Waals surface area contributed by atoms with Crippen molar-refractivity contribution < 1.29 is 5.11 Å². The predicted octanol–water partition coefficient (Wildman–Crippen LogP) is 2.70. The van der Waals surface area contributed by atoms with Crippen LogP contribution in [0.3, 0.4) is 0 Å². The Morgan fingerprint density at radius 2 is 1.78 bits per heavy atom. The Labute approximate surface area is 108 Å². The molecule has 0 bridgehead atoms. The molecule has 0 amide bonds. The molecule has 3 nitrogen and oxygen atoms in total. The zero-order valence-electron chi connectivity index (χ0n) is 11.2. The molecule has 0 aliphatic heterocycles. The minimum atomic E-state index is 0.0715. The number of hydrogen-bond donors (Lipinski definition) is 1. The van der Waals surface area contributed by atoms with Gasteiger partial charge in [-0.25, -0.2) is 4.68 Å². The normalized spacial score (nSPS) is 11.8. The average Bonchev–Trinajstić information content (AvgIpc) is 2.79. The highest BCUT2D eigenvalue weighted by atomic mass is 16.2. The Morgan fingerprint density at radius 3 is 2.28 bits per heavy atom. The summed E-state index contributed by atoms with van der Waals surface area (Å²) in [6, 6.07) is 10.2. The zero-order valence-corrected chi connectivity index (χ0v) is 11.2. The van der Waals surface area contributed by atoms with E-state index in [0.717, 1.165) is 16.9 Å². The van der Waals surface area contributed by atoms with Crippen LogP contribution in [0.2, 0.25) is 0 Å². The first-order valence-electron chi connectivity index (χ1n) is 6.27. The van der Waals surface area contributed by atoms with Gasteiger partial charge in [-0.1, -0.05) is 32.9 Å². The maximum atomic E-state index is 8.88. The Kier molecular flexibility index (Phi) is 3.53. The molecule has 0 unspecified atom stereocenters. The van der Waals surface area contributed by atoms with E-state index in [-0.39, 0.29) is 12.0 Å². The molecule has 0 radical (unpaired) electrons. The van der Waals surface area contributed by atoms with Gasteiger partial charge in [0.15, 0.2) is 0 Å². The van der Waals surface area contributed by atoms with E-state index in [4.69, 9.17) is 5.11 Å². The van der Waals surface area contributed by atoms with E-state index in [1.165, 1.54) is 0 Å². The van der Waals surface area contributed by atoms with Gasteiger partial charge in [0, 0.05) is 18.2 Å². The van der Waals surface area contributed by atoms with Crippen LogP contribution in [0.1, 0.15) is 32.0 Å². The van der Waals surface area contributed by atoms with E-state index in [0.29, 0.717) is 6.42 Å². The van der Waals surface area contributed by atoms with Gasteiger partial charge < -0.3 is 5.11 Å². The van der Waals surface area contributed by atoms with Gasteiger partial charge in [0.25, 0.3) is 0 Å². The second-order valence-electron chi connectivity index (χ2n) is 5.54. The lowest BCUT2D eigenvalue weighted by molar-refractivity contribution is 0.299. The molecule has 3 heteroatoms. The third-order valence-corrected chi connectivity index (χ3v) is 2.96. The largest absolute Gasteiger partial charge is 0.396 e. The van der Waals surface area contributed by atoms with Crippen molar-refractivity contribution in [1.82, 2.24) is 9.78 Å².